The number of thioether (sulfide) groups is 1. The first-order valence-electron chi connectivity index (χ1n) is 6.58. The predicted octanol–water partition coefficient (Wildman–Crippen LogP) is 5.59. The number of rotatable bonds is 2. The van der Waals surface area contributed by atoms with Crippen LogP contribution < -0.4 is 4.90 Å². The van der Waals surface area contributed by atoms with Crippen molar-refractivity contribution < 1.29 is 14.7 Å². The van der Waals surface area contributed by atoms with E-state index in [1.807, 2.05) is 0 Å². The highest BCUT2D eigenvalue weighted by atomic mass is 35.5. The number of carbonyl (C=O) groups excluding carboxylic acids is 2. The van der Waals surface area contributed by atoms with Crippen molar-refractivity contribution in [1.82, 2.24) is 0 Å². The van der Waals surface area contributed by atoms with Gasteiger partial charge in [-0.2, -0.15) is 0 Å². The van der Waals surface area contributed by atoms with E-state index in [0.29, 0.717) is 16.3 Å². The number of amides is 2. The Morgan fingerprint density at radius 1 is 1.00 bits per heavy atom. The van der Waals surface area contributed by atoms with Gasteiger partial charge in [0.15, 0.2) is 5.75 Å². The summed E-state index contributed by atoms with van der Waals surface area (Å²) in [6.45, 7) is 0. The lowest BCUT2D eigenvalue weighted by molar-refractivity contribution is -0.113. The van der Waals surface area contributed by atoms with Crippen LogP contribution in [0.5, 0.6) is 5.75 Å². The second kappa shape index (κ2) is 6.69. The van der Waals surface area contributed by atoms with E-state index in [4.69, 9.17) is 34.8 Å². The Balaban J connectivity index is 1.95. The summed E-state index contributed by atoms with van der Waals surface area (Å²) in [5, 5.41) is 9.79. The van der Waals surface area contributed by atoms with E-state index in [1.54, 1.807) is 24.3 Å². The van der Waals surface area contributed by atoms with Gasteiger partial charge < -0.3 is 5.11 Å². The molecule has 0 spiro atoms. The normalized spacial score (nSPS) is 16.3. The molecule has 1 aliphatic rings. The van der Waals surface area contributed by atoms with Crippen LogP contribution in [-0.4, -0.2) is 16.3 Å². The van der Waals surface area contributed by atoms with Gasteiger partial charge in [-0.1, -0.05) is 34.8 Å². The number of hydrogen-bond donors (Lipinski definition) is 1. The van der Waals surface area contributed by atoms with Gasteiger partial charge in [0.2, 0.25) is 0 Å². The molecule has 24 heavy (non-hydrogen) atoms. The molecule has 3 rings (SSSR count). The number of aromatic hydroxyl groups is 1. The summed E-state index contributed by atoms with van der Waals surface area (Å²) in [7, 11) is 0. The molecule has 1 N–H and O–H groups in total. The number of nitrogens with zero attached hydrogens (tertiary/aromatic N) is 1. The third-order valence-corrected chi connectivity index (χ3v) is 4.91. The lowest BCUT2D eigenvalue weighted by Crippen LogP contribution is -2.27. The van der Waals surface area contributed by atoms with Gasteiger partial charge in [-0.15, -0.1) is 0 Å². The van der Waals surface area contributed by atoms with Crippen LogP contribution in [0.3, 0.4) is 0 Å². The van der Waals surface area contributed by atoms with Crippen LogP contribution in [0.1, 0.15) is 5.56 Å². The summed E-state index contributed by atoms with van der Waals surface area (Å²) in [5.74, 6) is -0.683. The standard InChI is InChI=1S/C16H8Cl3NO3S/c17-9-1-3-10(4-2-9)20-15(22)13(24-16(20)23)7-8-5-11(18)14(21)12(19)6-8/h1-7,21H/b13-7-. The Kier molecular flexibility index (Phi) is 4.78. The first kappa shape index (κ1) is 17.2. The van der Waals surface area contributed by atoms with Crippen LogP contribution in [-0.2, 0) is 4.79 Å². The van der Waals surface area contributed by atoms with Crippen molar-refractivity contribution in [2.24, 2.45) is 0 Å². The summed E-state index contributed by atoms with van der Waals surface area (Å²) in [6.07, 6.45) is 1.50. The predicted molar refractivity (Wildman–Crippen MR) is 98.0 cm³/mol. The SMILES string of the molecule is O=C1S/C(=C\c2cc(Cl)c(O)c(Cl)c2)C(=O)N1c1ccc(Cl)cc1. The van der Waals surface area contributed by atoms with Crippen LogP contribution in [0.4, 0.5) is 10.5 Å². The summed E-state index contributed by atoms with van der Waals surface area (Å²) in [5.41, 5.74) is 0.941. The Morgan fingerprint density at radius 3 is 2.17 bits per heavy atom. The molecule has 122 valence electrons. The van der Waals surface area contributed by atoms with Gasteiger partial charge in [0.25, 0.3) is 11.1 Å². The number of anilines is 1. The molecule has 1 heterocycles. The van der Waals surface area contributed by atoms with Gasteiger partial charge >= 0.3 is 0 Å². The van der Waals surface area contributed by atoms with E-state index in [9.17, 15) is 14.7 Å². The summed E-state index contributed by atoms with van der Waals surface area (Å²) >= 11 is 18.4. The van der Waals surface area contributed by atoms with E-state index in [1.165, 1.54) is 18.2 Å². The molecule has 0 aliphatic carbocycles. The van der Waals surface area contributed by atoms with Crippen molar-refractivity contribution in [3.8, 4) is 5.75 Å². The van der Waals surface area contributed by atoms with E-state index in [0.717, 1.165) is 16.7 Å². The number of hydrogen-bond acceptors (Lipinski definition) is 4. The highest BCUT2D eigenvalue weighted by molar-refractivity contribution is 8.19. The van der Waals surface area contributed by atoms with Crippen LogP contribution >= 0.6 is 46.6 Å². The molecule has 2 aromatic carbocycles. The minimum absolute atomic E-state index is 0.0608. The summed E-state index contributed by atoms with van der Waals surface area (Å²) in [4.78, 5) is 26.0. The molecule has 1 aliphatic heterocycles. The Hall–Kier alpha value is -1.66. The molecule has 0 bridgehead atoms. The van der Waals surface area contributed by atoms with Crippen LogP contribution in [0.2, 0.25) is 15.1 Å². The topological polar surface area (TPSA) is 57.6 Å². The molecule has 0 saturated carbocycles. The zero-order chi connectivity index (χ0) is 17.4. The third-order valence-electron chi connectivity index (χ3n) is 3.22. The van der Waals surface area contributed by atoms with Crippen molar-refractivity contribution in [3.63, 3.8) is 0 Å². The number of phenols is 1. The van der Waals surface area contributed by atoms with Gasteiger partial charge in [0.05, 0.1) is 20.6 Å². The van der Waals surface area contributed by atoms with E-state index >= 15 is 0 Å². The average molecular weight is 401 g/mol. The molecule has 1 fully saturated rings. The van der Waals surface area contributed by atoms with Crippen LogP contribution in [0.25, 0.3) is 6.08 Å². The minimum Gasteiger partial charge on any atom is -0.505 e. The first-order chi connectivity index (χ1) is 11.4. The molecule has 2 aromatic rings. The second-order valence-electron chi connectivity index (χ2n) is 4.83. The highest BCUT2D eigenvalue weighted by Gasteiger charge is 2.36. The number of carbonyl (C=O) groups is 2. The quantitative estimate of drug-likeness (QED) is 0.667. The number of imide groups is 1. The van der Waals surface area contributed by atoms with E-state index in [-0.39, 0.29) is 20.7 Å². The second-order valence-corrected chi connectivity index (χ2v) is 7.07. The summed E-state index contributed by atoms with van der Waals surface area (Å²) < 4.78 is 0. The zero-order valence-electron chi connectivity index (χ0n) is 11.8. The van der Waals surface area contributed by atoms with Crippen molar-refractivity contribution in [2.75, 3.05) is 4.90 Å². The molecule has 0 atom stereocenters. The monoisotopic (exact) mass is 399 g/mol. The van der Waals surface area contributed by atoms with Crippen molar-refractivity contribution in [3.05, 3.63) is 61.9 Å². The van der Waals surface area contributed by atoms with Gasteiger partial charge in [-0.3, -0.25) is 9.59 Å². The fourth-order valence-corrected chi connectivity index (χ4v) is 3.57. The Morgan fingerprint density at radius 2 is 1.58 bits per heavy atom. The Bertz CT molecular complexity index is 858. The smallest absolute Gasteiger partial charge is 0.298 e. The van der Waals surface area contributed by atoms with Gasteiger partial charge in [0.1, 0.15) is 0 Å². The molecular weight excluding hydrogens is 393 g/mol. The van der Waals surface area contributed by atoms with Crippen molar-refractivity contribution >= 4 is 69.5 Å². The maximum atomic E-state index is 12.5. The van der Waals surface area contributed by atoms with Gasteiger partial charge in [-0.25, -0.2) is 4.90 Å². The van der Waals surface area contributed by atoms with Gasteiger partial charge in [0, 0.05) is 5.02 Å². The number of phenolic OH excluding ortho intramolecular Hbond substituents is 1. The molecule has 0 aromatic heterocycles. The fraction of sp³-hybridized carbons (Fsp3) is 0. The Labute approximate surface area is 156 Å². The van der Waals surface area contributed by atoms with Crippen molar-refractivity contribution in [2.45, 2.75) is 0 Å². The van der Waals surface area contributed by atoms with E-state index < -0.39 is 11.1 Å². The molecule has 8 heteroatoms. The average Bonchev–Trinajstić information content (AvgIpc) is 2.80. The lowest BCUT2D eigenvalue weighted by atomic mass is 10.2. The summed E-state index contributed by atoms with van der Waals surface area (Å²) in [6, 6.07) is 9.30. The highest BCUT2D eigenvalue weighted by Crippen LogP contribution is 2.38. The maximum absolute atomic E-state index is 12.5. The molecule has 1 saturated heterocycles. The largest absolute Gasteiger partial charge is 0.505 e. The van der Waals surface area contributed by atoms with E-state index in [2.05, 4.69) is 0 Å². The molecule has 4 nitrogen and oxygen atoms in total. The van der Waals surface area contributed by atoms with Crippen LogP contribution in [0, 0.1) is 0 Å². The fourth-order valence-electron chi connectivity index (χ4n) is 2.10. The number of benzene rings is 2. The number of halogens is 3. The van der Waals surface area contributed by atoms with Crippen molar-refractivity contribution in [1.29, 1.82) is 0 Å². The molecule has 0 unspecified atom stereocenters. The molecule has 0 radical (unpaired) electrons. The maximum Gasteiger partial charge on any atom is 0.298 e. The zero-order valence-corrected chi connectivity index (χ0v) is 14.9. The minimum atomic E-state index is -0.451. The third kappa shape index (κ3) is 3.26. The first-order valence-corrected chi connectivity index (χ1v) is 8.53. The van der Waals surface area contributed by atoms with Gasteiger partial charge in [-0.05, 0) is 59.8 Å². The lowest BCUT2D eigenvalue weighted by Gasteiger charge is -2.12. The molecular formula is C16H8Cl3NO3S. The molecule has 2 amide bonds. The van der Waals surface area contributed by atoms with Crippen LogP contribution in [0.15, 0.2) is 41.3 Å².